The molecule has 2 heterocycles. The molecule has 3 aliphatic rings. The quantitative estimate of drug-likeness (QED) is 0.792. The standard InChI is InChI=1S/C20H23N3O4/c24-18(21-14-8-10-27-11-9-14)13-4-3-5-15(12-13)23-20(26)17-7-2-1-6-16(17)19(25)22-23/h1-5,12,14,16-17H,6-11H2,(H,21,24)(H,22,25)/t16-,17-/m1/s1. The lowest BCUT2D eigenvalue weighted by Gasteiger charge is -2.38. The third-order valence-corrected chi connectivity index (χ3v) is 5.45. The number of anilines is 1. The Balaban J connectivity index is 1.51. The second-order valence-electron chi connectivity index (χ2n) is 7.22. The van der Waals surface area contributed by atoms with Gasteiger partial charge in [-0.25, -0.2) is 5.01 Å². The van der Waals surface area contributed by atoms with Gasteiger partial charge in [-0.3, -0.25) is 19.8 Å². The Hall–Kier alpha value is -2.67. The Morgan fingerprint density at radius 1 is 1.11 bits per heavy atom. The first-order chi connectivity index (χ1) is 13.1. The molecule has 0 saturated carbocycles. The first kappa shape index (κ1) is 17.7. The van der Waals surface area contributed by atoms with Gasteiger partial charge in [0.25, 0.3) is 5.91 Å². The van der Waals surface area contributed by atoms with Gasteiger partial charge in [0.2, 0.25) is 11.8 Å². The van der Waals surface area contributed by atoms with Gasteiger partial charge in [-0.05, 0) is 43.9 Å². The zero-order valence-electron chi connectivity index (χ0n) is 15.0. The Bertz CT molecular complexity index is 785. The summed E-state index contributed by atoms with van der Waals surface area (Å²) in [6.07, 6.45) is 6.64. The van der Waals surface area contributed by atoms with E-state index in [1.165, 1.54) is 5.01 Å². The molecule has 3 amide bonds. The zero-order valence-corrected chi connectivity index (χ0v) is 15.0. The number of nitrogens with one attached hydrogen (secondary N) is 2. The van der Waals surface area contributed by atoms with Crippen molar-refractivity contribution < 1.29 is 19.1 Å². The van der Waals surface area contributed by atoms with Gasteiger partial charge in [-0.15, -0.1) is 0 Å². The van der Waals surface area contributed by atoms with Gasteiger partial charge < -0.3 is 10.1 Å². The van der Waals surface area contributed by atoms with E-state index in [-0.39, 0.29) is 35.6 Å². The largest absolute Gasteiger partial charge is 0.381 e. The maximum absolute atomic E-state index is 12.9. The van der Waals surface area contributed by atoms with Gasteiger partial charge >= 0.3 is 0 Å². The van der Waals surface area contributed by atoms with E-state index in [1.54, 1.807) is 24.3 Å². The van der Waals surface area contributed by atoms with Crippen molar-refractivity contribution in [2.75, 3.05) is 18.2 Å². The minimum atomic E-state index is -0.344. The van der Waals surface area contributed by atoms with Gasteiger partial charge in [0.1, 0.15) is 0 Å². The molecule has 4 rings (SSSR count). The van der Waals surface area contributed by atoms with Crippen molar-refractivity contribution in [2.45, 2.75) is 31.7 Å². The number of allylic oxidation sites excluding steroid dienone is 2. The van der Waals surface area contributed by atoms with Crippen LogP contribution in [0.5, 0.6) is 0 Å². The highest BCUT2D eigenvalue weighted by molar-refractivity contribution is 6.05. The number of rotatable bonds is 3. The number of ether oxygens (including phenoxy) is 1. The molecule has 1 aliphatic carbocycles. The summed E-state index contributed by atoms with van der Waals surface area (Å²) in [6, 6.07) is 6.90. The minimum absolute atomic E-state index is 0.0982. The molecule has 142 valence electrons. The van der Waals surface area contributed by atoms with E-state index in [0.717, 1.165) is 12.8 Å². The first-order valence-electron chi connectivity index (χ1n) is 9.41. The summed E-state index contributed by atoms with van der Waals surface area (Å²) in [7, 11) is 0. The van der Waals surface area contributed by atoms with E-state index in [1.807, 2.05) is 12.2 Å². The van der Waals surface area contributed by atoms with Gasteiger partial charge in [0, 0.05) is 24.8 Å². The highest BCUT2D eigenvalue weighted by Crippen LogP contribution is 2.32. The fourth-order valence-corrected chi connectivity index (χ4v) is 3.88. The lowest BCUT2D eigenvalue weighted by Crippen LogP contribution is -2.59. The molecule has 7 nitrogen and oxygen atoms in total. The fraction of sp³-hybridized carbons (Fsp3) is 0.450. The van der Waals surface area contributed by atoms with Crippen molar-refractivity contribution in [3.63, 3.8) is 0 Å². The number of carbonyl (C=O) groups excluding carboxylic acids is 3. The Morgan fingerprint density at radius 3 is 2.63 bits per heavy atom. The molecule has 2 aliphatic heterocycles. The lowest BCUT2D eigenvalue weighted by molar-refractivity contribution is -0.139. The van der Waals surface area contributed by atoms with Crippen LogP contribution in [-0.2, 0) is 14.3 Å². The Kier molecular flexibility index (Phi) is 4.94. The van der Waals surface area contributed by atoms with Crippen LogP contribution < -0.4 is 15.8 Å². The van der Waals surface area contributed by atoms with Crippen molar-refractivity contribution >= 4 is 23.4 Å². The van der Waals surface area contributed by atoms with E-state index >= 15 is 0 Å². The number of nitrogens with zero attached hydrogens (tertiary/aromatic N) is 1. The summed E-state index contributed by atoms with van der Waals surface area (Å²) in [5.74, 6) is -1.12. The highest BCUT2D eigenvalue weighted by atomic mass is 16.5. The molecule has 0 aromatic heterocycles. The van der Waals surface area contributed by atoms with Gasteiger partial charge in [0.05, 0.1) is 17.5 Å². The van der Waals surface area contributed by atoms with Crippen LogP contribution in [0, 0.1) is 11.8 Å². The molecule has 0 unspecified atom stereocenters. The third-order valence-electron chi connectivity index (χ3n) is 5.45. The molecule has 1 aromatic rings. The SMILES string of the molecule is O=C(NC1CCOCC1)c1cccc(N2NC(=O)[C@@H]3CC=CC[C@H]3C2=O)c1. The predicted molar refractivity (Wildman–Crippen MR) is 98.7 cm³/mol. The van der Waals surface area contributed by atoms with Crippen molar-refractivity contribution in [1.82, 2.24) is 10.7 Å². The van der Waals surface area contributed by atoms with Crippen molar-refractivity contribution in [2.24, 2.45) is 11.8 Å². The summed E-state index contributed by atoms with van der Waals surface area (Å²) in [4.78, 5) is 37.8. The van der Waals surface area contributed by atoms with Crippen LogP contribution in [0.3, 0.4) is 0 Å². The molecule has 2 fully saturated rings. The molecule has 0 bridgehead atoms. The predicted octanol–water partition coefficient (Wildman–Crippen LogP) is 1.56. The lowest BCUT2D eigenvalue weighted by atomic mass is 9.80. The summed E-state index contributed by atoms with van der Waals surface area (Å²) in [6.45, 7) is 1.30. The fourth-order valence-electron chi connectivity index (χ4n) is 3.88. The Labute approximate surface area is 157 Å². The second kappa shape index (κ2) is 7.52. The third kappa shape index (κ3) is 3.60. The van der Waals surface area contributed by atoms with Crippen LogP contribution in [0.2, 0.25) is 0 Å². The van der Waals surface area contributed by atoms with Gasteiger partial charge in [0.15, 0.2) is 0 Å². The second-order valence-corrected chi connectivity index (χ2v) is 7.22. The number of hydrogen-bond donors (Lipinski definition) is 2. The normalized spacial score (nSPS) is 25.7. The van der Waals surface area contributed by atoms with E-state index < -0.39 is 0 Å². The number of amides is 3. The average molecular weight is 369 g/mol. The molecule has 0 radical (unpaired) electrons. The summed E-state index contributed by atoms with van der Waals surface area (Å²) < 4.78 is 5.31. The van der Waals surface area contributed by atoms with Crippen molar-refractivity contribution in [3.8, 4) is 0 Å². The molecule has 7 heteroatoms. The molecule has 27 heavy (non-hydrogen) atoms. The van der Waals surface area contributed by atoms with Crippen LogP contribution in [-0.4, -0.2) is 37.0 Å². The number of benzene rings is 1. The van der Waals surface area contributed by atoms with Gasteiger partial charge in [-0.1, -0.05) is 18.2 Å². The van der Waals surface area contributed by atoms with E-state index in [2.05, 4.69) is 10.7 Å². The smallest absolute Gasteiger partial charge is 0.251 e. The van der Waals surface area contributed by atoms with Crippen LogP contribution in [0.25, 0.3) is 0 Å². The monoisotopic (exact) mass is 369 g/mol. The van der Waals surface area contributed by atoms with Crippen molar-refractivity contribution in [1.29, 1.82) is 0 Å². The number of carbonyl (C=O) groups is 3. The zero-order chi connectivity index (χ0) is 18.8. The molecular formula is C20H23N3O4. The molecule has 2 saturated heterocycles. The van der Waals surface area contributed by atoms with Crippen LogP contribution in [0.1, 0.15) is 36.0 Å². The number of fused-ring (bicyclic) bond motifs is 1. The Morgan fingerprint density at radius 2 is 1.85 bits per heavy atom. The van der Waals surface area contributed by atoms with Crippen LogP contribution in [0.4, 0.5) is 5.69 Å². The molecule has 1 aromatic carbocycles. The summed E-state index contributed by atoms with van der Waals surface area (Å²) >= 11 is 0. The first-order valence-corrected chi connectivity index (χ1v) is 9.41. The summed E-state index contributed by atoms with van der Waals surface area (Å²) in [5, 5.41) is 4.30. The van der Waals surface area contributed by atoms with E-state index in [9.17, 15) is 14.4 Å². The topological polar surface area (TPSA) is 87.7 Å². The van der Waals surface area contributed by atoms with Crippen molar-refractivity contribution in [3.05, 3.63) is 42.0 Å². The molecule has 2 N–H and O–H groups in total. The number of hydrogen-bond acceptors (Lipinski definition) is 4. The highest BCUT2D eigenvalue weighted by Gasteiger charge is 2.42. The van der Waals surface area contributed by atoms with Crippen LogP contribution in [0.15, 0.2) is 36.4 Å². The van der Waals surface area contributed by atoms with Crippen LogP contribution >= 0.6 is 0 Å². The maximum atomic E-state index is 12.9. The number of hydrazine groups is 1. The summed E-state index contributed by atoms with van der Waals surface area (Å²) in [5.41, 5.74) is 3.66. The molecular weight excluding hydrogens is 346 g/mol. The average Bonchev–Trinajstić information content (AvgIpc) is 2.71. The minimum Gasteiger partial charge on any atom is -0.381 e. The van der Waals surface area contributed by atoms with E-state index in [0.29, 0.717) is 37.3 Å². The van der Waals surface area contributed by atoms with E-state index in [4.69, 9.17) is 4.74 Å². The molecule has 2 atom stereocenters. The molecule has 0 spiro atoms. The van der Waals surface area contributed by atoms with Gasteiger partial charge in [-0.2, -0.15) is 0 Å². The maximum Gasteiger partial charge on any atom is 0.251 e.